The first kappa shape index (κ1) is 21.9. The average molecular weight is 439 g/mol. The van der Waals surface area contributed by atoms with Crippen molar-refractivity contribution in [2.45, 2.75) is 87.8 Å². The highest BCUT2D eigenvalue weighted by Crippen LogP contribution is 2.59. The van der Waals surface area contributed by atoms with Gasteiger partial charge >= 0.3 is 0 Å². The van der Waals surface area contributed by atoms with Crippen LogP contribution in [0.5, 0.6) is 0 Å². The summed E-state index contributed by atoms with van der Waals surface area (Å²) in [5.74, 6) is 0.433. The van der Waals surface area contributed by atoms with Gasteiger partial charge in [-0.25, -0.2) is 0 Å². The molecule has 32 heavy (non-hydrogen) atoms. The van der Waals surface area contributed by atoms with E-state index in [9.17, 15) is 25.2 Å². The SMILES string of the molecule is N#C[C@@H]1CCCC1C(=O)CN(CC(=O)N1CCC[C@H]1C#N)C12C[C@@H]3C[C@@H](CC(O)(C3)C1)C2. The number of Topliss-reactive ketones (excluding diaryl/α,β-unsaturated/α-hetero) is 1. The van der Waals surface area contributed by atoms with Crippen molar-refractivity contribution >= 4 is 11.7 Å². The molecule has 0 radical (unpaired) electrons. The van der Waals surface area contributed by atoms with Crippen LogP contribution in [0.2, 0.25) is 0 Å². The van der Waals surface area contributed by atoms with Gasteiger partial charge in [0.25, 0.3) is 0 Å². The number of nitriles is 2. The van der Waals surface area contributed by atoms with Gasteiger partial charge in [-0.2, -0.15) is 10.5 Å². The maximum absolute atomic E-state index is 13.4. The van der Waals surface area contributed by atoms with Crippen LogP contribution in [0.1, 0.15) is 70.6 Å². The molecule has 1 saturated heterocycles. The average Bonchev–Trinajstić information content (AvgIpc) is 3.40. The molecule has 7 nitrogen and oxygen atoms in total. The Morgan fingerprint density at radius 3 is 2.41 bits per heavy atom. The van der Waals surface area contributed by atoms with E-state index in [-0.39, 0.29) is 48.2 Å². The summed E-state index contributed by atoms with van der Waals surface area (Å²) < 4.78 is 0. The number of aliphatic hydroxyl groups is 1. The summed E-state index contributed by atoms with van der Waals surface area (Å²) in [6.07, 6.45) is 9.28. The molecule has 6 rings (SSSR count). The number of rotatable bonds is 6. The molecule has 1 aliphatic heterocycles. The molecule has 6 aliphatic rings. The number of nitrogens with zero attached hydrogens (tertiary/aromatic N) is 4. The second kappa shape index (κ2) is 8.12. The molecule has 6 fully saturated rings. The first-order valence-corrected chi connectivity index (χ1v) is 12.4. The summed E-state index contributed by atoms with van der Waals surface area (Å²) in [5, 5.41) is 30.2. The van der Waals surface area contributed by atoms with Gasteiger partial charge in [0.05, 0.1) is 36.7 Å². The monoisotopic (exact) mass is 438 g/mol. The second-order valence-electron chi connectivity index (χ2n) is 11.4. The Hall–Kier alpha value is -1.96. The number of likely N-dealkylation sites (tertiary alicyclic amines) is 1. The molecule has 7 heteroatoms. The fourth-order valence-corrected chi connectivity index (χ4v) is 8.19. The zero-order valence-electron chi connectivity index (χ0n) is 18.8. The molecule has 5 aliphatic carbocycles. The van der Waals surface area contributed by atoms with E-state index < -0.39 is 5.60 Å². The normalized spacial score (nSPS) is 42.2. The van der Waals surface area contributed by atoms with E-state index >= 15 is 0 Å². The molecule has 7 atom stereocenters. The summed E-state index contributed by atoms with van der Waals surface area (Å²) in [5.41, 5.74) is -1.01. The van der Waals surface area contributed by atoms with E-state index in [1.807, 2.05) is 0 Å². The summed E-state index contributed by atoms with van der Waals surface area (Å²) >= 11 is 0. The van der Waals surface area contributed by atoms with Gasteiger partial charge in [0, 0.05) is 18.0 Å². The maximum atomic E-state index is 13.4. The number of amides is 1. The molecular weight excluding hydrogens is 404 g/mol. The first-order valence-electron chi connectivity index (χ1n) is 12.4. The molecule has 1 amide bonds. The number of hydrogen-bond acceptors (Lipinski definition) is 6. The van der Waals surface area contributed by atoms with E-state index in [1.165, 1.54) is 0 Å². The fourth-order valence-electron chi connectivity index (χ4n) is 8.19. The second-order valence-corrected chi connectivity index (χ2v) is 11.4. The highest BCUT2D eigenvalue weighted by atomic mass is 16.3. The van der Waals surface area contributed by atoms with Crippen molar-refractivity contribution in [2.24, 2.45) is 23.7 Å². The standard InChI is InChI=1S/C25H34N4O3/c26-12-19-3-1-5-21(19)22(30)14-28(15-23(31)29-6-2-4-20(29)13-27)24-8-17-7-18(9-24)11-25(32,10-17)16-24/h17-21,32H,1-11,14-16H2/t17-,18+,19-,20-,21?,24?,25?/m0/s1. The molecular formula is C25H34N4O3. The highest BCUT2D eigenvalue weighted by Gasteiger charge is 2.59. The van der Waals surface area contributed by atoms with Crippen LogP contribution in [0.4, 0.5) is 0 Å². The maximum Gasteiger partial charge on any atom is 0.237 e. The third-order valence-electron chi connectivity index (χ3n) is 9.16. The van der Waals surface area contributed by atoms with Crippen LogP contribution < -0.4 is 0 Å². The summed E-state index contributed by atoms with van der Waals surface area (Å²) in [4.78, 5) is 30.5. The molecule has 3 unspecified atom stereocenters. The Balaban J connectivity index is 1.40. The predicted octanol–water partition coefficient (Wildman–Crippen LogP) is 2.40. The molecule has 4 bridgehead atoms. The molecule has 172 valence electrons. The van der Waals surface area contributed by atoms with Gasteiger partial charge in [0.1, 0.15) is 6.04 Å². The van der Waals surface area contributed by atoms with Gasteiger partial charge in [-0.3, -0.25) is 14.5 Å². The lowest BCUT2D eigenvalue weighted by Crippen LogP contribution is -2.67. The molecule has 0 spiro atoms. The van der Waals surface area contributed by atoms with Crippen LogP contribution in [-0.4, -0.2) is 63.4 Å². The summed E-state index contributed by atoms with van der Waals surface area (Å²) in [7, 11) is 0. The number of carbonyl (C=O) groups is 2. The number of carbonyl (C=O) groups excluding carboxylic acids is 2. The summed E-state index contributed by atoms with van der Waals surface area (Å²) in [6, 6.07) is 4.19. The summed E-state index contributed by atoms with van der Waals surface area (Å²) in [6.45, 7) is 0.902. The smallest absolute Gasteiger partial charge is 0.237 e. The Labute approximate surface area is 190 Å². The van der Waals surface area contributed by atoms with Crippen LogP contribution in [0.15, 0.2) is 0 Å². The van der Waals surface area contributed by atoms with E-state index in [1.54, 1.807) is 4.90 Å². The molecule has 0 aromatic heterocycles. The molecule has 0 aromatic rings. The van der Waals surface area contributed by atoms with E-state index in [0.29, 0.717) is 31.2 Å². The van der Waals surface area contributed by atoms with Crippen molar-refractivity contribution in [3.63, 3.8) is 0 Å². The van der Waals surface area contributed by atoms with Crippen LogP contribution in [0, 0.1) is 46.3 Å². The lowest BCUT2D eigenvalue weighted by atomic mass is 9.50. The Bertz CT molecular complexity index is 813. The van der Waals surface area contributed by atoms with Crippen molar-refractivity contribution in [3.05, 3.63) is 0 Å². The van der Waals surface area contributed by atoms with E-state index in [0.717, 1.165) is 57.8 Å². The van der Waals surface area contributed by atoms with Gasteiger partial charge in [0.2, 0.25) is 5.91 Å². The van der Waals surface area contributed by atoms with Gasteiger partial charge in [-0.15, -0.1) is 0 Å². The fraction of sp³-hybridized carbons (Fsp3) is 0.840. The number of ketones is 1. The zero-order valence-corrected chi connectivity index (χ0v) is 18.8. The Morgan fingerprint density at radius 1 is 1.00 bits per heavy atom. The molecule has 0 aromatic carbocycles. The topological polar surface area (TPSA) is 108 Å². The van der Waals surface area contributed by atoms with Crippen LogP contribution in [0.3, 0.4) is 0 Å². The molecule has 5 saturated carbocycles. The third kappa shape index (κ3) is 3.74. The quantitative estimate of drug-likeness (QED) is 0.682. The van der Waals surface area contributed by atoms with Gasteiger partial charge in [-0.1, -0.05) is 6.42 Å². The Kier molecular flexibility index (Phi) is 5.55. The van der Waals surface area contributed by atoms with E-state index in [2.05, 4.69) is 17.0 Å². The molecule has 1 N–H and O–H groups in total. The number of hydrogen-bond donors (Lipinski definition) is 1. The highest BCUT2D eigenvalue weighted by molar-refractivity contribution is 5.85. The van der Waals surface area contributed by atoms with Crippen molar-refractivity contribution in [2.75, 3.05) is 19.6 Å². The van der Waals surface area contributed by atoms with Crippen molar-refractivity contribution in [1.82, 2.24) is 9.80 Å². The lowest BCUT2D eigenvalue weighted by molar-refractivity contribution is -0.180. The minimum atomic E-state index is -0.681. The van der Waals surface area contributed by atoms with Crippen molar-refractivity contribution in [3.8, 4) is 12.1 Å². The van der Waals surface area contributed by atoms with Crippen LogP contribution in [-0.2, 0) is 9.59 Å². The molecule has 1 heterocycles. The van der Waals surface area contributed by atoms with Gasteiger partial charge < -0.3 is 10.0 Å². The van der Waals surface area contributed by atoms with E-state index in [4.69, 9.17) is 0 Å². The lowest BCUT2D eigenvalue weighted by Gasteiger charge is -2.63. The largest absolute Gasteiger partial charge is 0.390 e. The van der Waals surface area contributed by atoms with Gasteiger partial charge in [-0.05, 0) is 76.0 Å². The van der Waals surface area contributed by atoms with Crippen molar-refractivity contribution < 1.29 is 14.7 Å². The predicted molar refractivity (Wildman–Crippen MR) is 116 cm³/mol. The zero-order chi connectivity index (χ0) is 22.5. The van der Waals surface area contributed by atoms with Gasteiger partial charge in [0.15, 0.2) is 5.78 Å². The minimum absolute atomic E-state index is 0.0721. The first-order chi connectivity index (χ1) is 15.3. The minimum Gasteiger partial charge on any atom is -0.390 e. The van der Waals surface area contributed by atoms with Crippen LogP contribution in [0.25, 0.3) is 0 Å². The third-order valence-corrected chi connectivity index (χ3v) is 9.16. The van der Waals surface area contributed by atoms with Crippen molar-refractivity contribution in [1.29, 1.82) is 10.5 Å². The Morgan fingerprint density at radius 2 is 1.75 bits per heavy atom. The van der Waals surface area contributed by atoms with Crippen LogP contribution >= 0.6 is 0 Å².